The number of benzene rings is 1. The molecule has 0 radical (unpaired) electrons. The highest BCUT2D eigenvalue weighted by molar-refractivity contribution is 6.35. The van der Waals surface area contributed by atoms with Crippen molar-refractivity contribution in [3.05, 3.63) is 49.7 Å². The van der Waals surface area contributed by atoms with Crippen LogP contribution in [0.2, 0.25) is 10.0 Å². The molecule has 0 aliphatic carbocycles. The molecule has 88 valence electrons. The van der Waals surface area contributed by atoms with Crippen molar-refractivity contribution in [3.63, 3.8) is 0 Å². The molecule has 0 atom stereocenters. The summed E-state index contributed by atoms with van der Waals surface area (Å²) in [5.74, 6) is 0. The molecule has 1 aromatic carbocycles. The van der Waals surface area contributed by atoms with E-state index < -0.39 is 0 Å². The van der Waals surface area contributed by atoms with Crippen molar-refractivity contribution >= 4 is 23.2 Å². The number of aromatic amines is 1. The summed E-state index contributed by atoms with van der Waals surface area (Å²) in [5.41, 5.74) is 2.61. The van der Waals surface area contributed by atoms with Gasteiger partial charge in [-0.3, -0.25) is 4.79 Å². The first-order valence-corrected chi connectivity index (χ1v) is 5.77. The minimum atomic E-state index is -0.190. The number of halogens is 2. The average molecular weight is 269 g/mol. The molecule has 2 rings (SSSR count). The fraction of sp³-hybridized carbons (Fsp3) is 0.167. The maximum atomic E-state index is 11.4. The van der Waals surface area contributed by atoms with Gasteiger partial charge < -0.3 is 0 Å². The number of H-pyrrole nitrogens is 1. The van der Waals surface area contributed by atoms with Gasteiger partial charge >= 0.3 is 0 Å². The first-order valence-electron chi connectivity index (χ1n) is 5.02. The number of nitrogens with zero attached hydrogens (tertiary/aromatic N) is 1. The number of rotatable bonds is 1. The Hall–Kier alpha value is -1.32. The summed E-state index contributed by atoms with van der Waals surface area (Å²) in [6.45, 7) is 3.59. The Kier molecular flexibility index (Phi) is 3.22. The summed E-state index contributed by atoms with van der Waals surface area (Å²) in [5, 5.41) is 7.61. The van der Waals surface area contributed by atoms with Gasteiger partial charge in [0.1, 0.15) is 0 Å². The molecule has 0 aliphatic rings. The fourth-order valence-electron chi connectivity index (χ4n) is 1.56. The summed E-state index contributed by atoms with van der Waals surface area (Å²) < 4.78 is 0. The van der Waals surface area contributed by atoms with E-state index >= 15 is 0 Å². The third kappa shape index (κ3) is 2.21. The Labute approximate surface area is 108 Å². The van der Waals surface area contributed by atoms with Crippen molar-refractivity contribution in [1.82, 2.24) is 10.2 Å². The molecular weight excluding hydrogens is 259 g/mol. The van der Waals surface area contributed by atoms with Gasteiger partial charge in [-0.15, -0.1) is 0 Å². The highest BCUT2D eigenvalue weighted by Gasteiger charge is 2.12. The lowest BCUT2D eigenvalue weighted by molar-refractivity contribution is 0.959. The number of nitrogens with one attached hydrogen (secondary N) is 1. The summed E-state index contributed by atoms with van der Waals surface area (Å²) in [4.78, 5) is 11.4. The topological polar surface area (TPSA) is 45.8 Å². The summed E-state index contributed by atoms with van der Waals surface area (Å²) >= 11 is 12.0. The van der Waals surface area contributed by atoms with Crippen LogP contribution in [0.25, 0.3) is 11.3 Å². The van der Waals surface area contributed by atoms with Crippen LogP contribution in [0.4, 0.5) is 0 Å². The lowest BCUT2D eigenvalue weighted by atomic mass is 10.0. The number of aromatic nitrogens is 2. The molecule has 1 aromatic heterocycles. The second-order valence-corrected chi connectivity index (χ2v) is 4.62. The highest BCUT2D eigenvalue weighted by Crippen LogP contribution is 2.30. The minimum Gasteiger partial charge on any atom is -0.268 e. The Morgan fingerprint density at radius 1 is 1.18 bits per heavy atom. The van der Waals surface area contributed by atoms with E-state index in [1.54, 1.807) is 25.1 Å². The summed E-state index contributed by atoms with van der Waals surface area (Å²) in [7, 11) is 0. The molecule has 0 saturated carbocycles. The van der Waals surface area contributed by atoms with Crippen LogP contribution in [-0.2, 0) is 0 Å². The second kappa shape index (κ2) is 4.51. The van der Waals surface area contributed by atoms with E-state index in [9.17, 15) is 4.79 Å². The first-order chi connectivity index (χ1) is 8.00. The molecule has 0 unspecified atom stereocenters. The van der Waals surface area contributed by atoms with Gasteiger partial charge in [0.05, 0.1) is 10.7 Å². The van der Waals surface area contributed by atoms with Crippen molar-refractivity contribution in [2.24, 2.45) is 0 Å². The largest absolute Gasteiger partial charge is 0.268 e. The third-order valence-corrected chi connectivity index (χ3v) is 3.28. The quantitative estimate of drug-likeness (QED) is 0.862. The van der Waals surface area contributed by atoms with Gasteiger partial charge in [-0.2, -0.15) is 5.10 Å². The average Bonchev–Trinajstić information content (AvgIpc) is 2.30. The predicted octanol–water partition coefficient (Wildman–Crippen LogP) is 3.36. The van der Waals surface area contributed by atoms with Crippen LogP contribution in [0.1, 0.15) is 11.1 Å². The predicted molar refractivity (Wildman–Crippen MR) is 69.8 cm³/mol. The Morgan fingerprint density at radius 2 is 1.88 bits per heavy atom. The van der Waals surface area contributed by atoms with Crippen LogP contribution in [0.3, 0.4) is 0 Å². The molecule has 5 heteroatoms. The van der Waals surface area contributed by atoms with Gasteiger partial charge in [-0.1, -0.05) is 23.2 Å². The molecule has 2 aromatic rings. The lowest BCUT2D eigenvalue weighted by Crippen LogP contribution is -2.14. The van der Waals surface area contributed by atoms with Crippen molar-refractivity contribution in [2.75, 3.05) is 0 Å². The fourth-order valence-corrected chi connectivity index (χ4v) is 1.94. The van der Waals surface area contributed by atoms with E-state index in [2.05, 4.69) is 10.2 Å². The Morgan fingerprint density at radius 3 is 2.59 bits per heavy atom. The number of hydrogen-bond donors (Lipinski definition) is 1. The zero-order chi connectivity index (χ0) is 12.6. The van der Waals surface area contributed by atoms with Crippen LogP contribution in [0.15, 0.2) is 23.0 Å². The van der Waals surface area contributed by atoms with Crippen LogP contribution in [-0.4, -0.2) is 10.2 Å². The van der Waals surface area contributed by atoms with Gasteiger partial charge in [0.25, 0.3) is 5.56 Å². The normalized spacial score (nSPS) is 10.6. The maximum absolute atomic E-state index is 11.4. The summed E-state index contributed by atoms with van der Waals surface area (Å²) in [6, 6.07) is 5.15. The van der Waals surface area contributed by atoms with E-state index in [-0.39, 0.29) is 5.56 Å². The Balaban J connectivity index is 2.73. The van der Waals surface area contributed by atoms with E-state index in [1.807, 2.05) is 6.92 Å². The molecule has 1 heterocycles. The molecule has 3 nitrogen and oxygen atoms in total. The van der Waals surface area contributed by atoms with E-state index in [4.69, 9.17) is 23.2 Å². The standard InChI is InChI=1S/C12H10Cl2N2O/c1-6-7(2)12(17)16-15-11(6)9-5-8(13)3-4-10(9)14/h3-5H,1-2H3,(H,16,17). The third-order valence-electron chi connectivity index (χ3n) is 2.71. The van der Waals surface area contributed by atoms with E-state index in [1.165, 1.54) is 0 Å². The molecule has 0 fully saturated rings. The van der Waals surface area contributed by atoms with Gasteiger partial charge in [0, 0.05) is 16.1 Å². The zero-order valence-corrected chi connectivity index (χ0v) is 10.9. The molecule has 0 amide bonds. The SMILES string of the molecule is Cc1c(-c2cc(Cl)ccc2Cl)n[nH]c(=O)c1C. The second-order valence-electron chi connectivity index (χ2n) is 3.78. The van der Waals surface area contributed by atoms with Crippen LogP contribution >= 0.6 is 23.2 Å². The first kappa shape index (κ1) is 12.1. The van der Waals surface area contributed by atoms with Crippen molar-refractivity contribution in [1.29, 1.82) is 0 Å². The van der Waals surface area contributed by atoms with Crippen LogP contribution < -0.4 is 5.56 Å². The van der Waals surface area contributed by atoms with Gasteiger partial charge in [0.15, 0.2) is 0 Å². The van der Waals surface area contributed by atoms with E-state index in [0.29, 0.717) is 21.3 Å². The van der Waals surface area contributed by atoms with Crippen molar-refractivity contribution in [3.8, 4) is 11.3 Å². The summed E-state index contributed by atoms with van der Waals surface area (Å²) in [6.07, 6.45) is 0. The van der Waals surface area contributed by atoms with Gasteiger partial charge in [0.2, 0.25) is 0 Å². The molecule has 0 aliphatic heterocycles. The van der Waals surface area contributed by atoms with Crippen LogP contribution in [0.5, 0.6) is 0 Å². The maximum Gasteiger partial charge on any atom is 0.267 e. The molecular formula is C12H10Cl2N2O. The van der Waals surface area contributed by atoms with E-state index in [0.717, 1.165) is 11.1 Å². The van der Waals surface area contributed by atoms with Gasteiger partial charge in [-0.05, 0) is 37.6 Å². The van der Waals surface area contributed by atoms with Crippen molar-refractivity contribution in [2.45, 2.75) is 13.8 Å². The zero-order valence-electron chi connectivity index (χ0n) is 9.34. The molecule has 1 N–H and O–H groups in total. The van der Waals surface area contributed by atoms with Crippen molar-refractivity contribution < 1.29 is 0 Å². The minimum absolute atomic E-state index is 0.190. The monoisotopic (exact) mass is 268 g/mol. The number of hydrogen-bond acceptors (Lipinski definition) is 2. The molecule has 17 heavy (non-hydrogen) atoms. The van der Waals surface area contributed by atoms with Gasteiger partial charge in [-0.25, -0.2) is 5.10 Å². The molecule has 0 saturated heterocycles. The highest BCUT2D eigenvalue weighted by atomic mass is 35.5. The lowest BCUT2D eigenvalue weighted by Gasteiger charge is -2.08. The Bertz CT molecular complexity index is 635. The van der Waals surface area contributed by atoms with Crippen LogP contribution in [0, 0.1) is 13.8 Å². The molecule has 0 spiro atoms. The smallest absolute Gasteiger partial charge is 0.267 e. The molecule has 0 bridgehead atoms.